The minimum absolute atomic E-state index is 0.00640. The number of halogens is 1. The third-order valence-electron chi connectivity index (χ3n) is 6.83. The first kappa shape index (κ1) is 23.2. The van der Waals surface area contributed by atoms with E-state index in [1.54, 1.807) is 17.0 Å². The van der Waals surface area contributed by atoms with Crippen molar-refractivity contribution in [1.29, 1.82) is 0 Å². The molecule has 0 unspecified atom stereocenters. The summed E-state index contributed by atoms with van der Waals surface area (Å²) in [6, 6.07) is 18.6. The molecule has 0 bridgehead atoms. The van der Waals surface area contributed by atoms with Crippen LogP contribution in [0.15, 0.2) is 60.7 Å². The summed E-state index contributed by atoms with van der Waals surface area (Å²) in [6.45, 7) is 5.47. The Kier molecular flexibility index (Phi) is 6.15. The van der Waals surface area contributed by atoms with E-state index >= 15 is 0 Å². The van der Waals surface area contributed by atoms with Gasteiger partial charge in [0.05, 0.1) is 5.41 Å². The van der Waals surface area contributed by atoms with Gasteiger partial charge in [-0.15, -0.1) is 0 Å². The summed E-state index contributed by atoms with van der Waals surface area (Å²) in [5, 5.41) is 3.65. The van der Waals surface area contributed by atoms with Gasteiger partial charge in [0.15, 0.2) is 11.5 Å². The van der Waals surface area contributed by atoms with Crippen LogP contribution in [0.1, 0.15) is 42.6 Å². The van der Waals surface area contributed by atoms with Crippen molar-refractivity contribution in [3.05, 3.63) is 76.8 Å². The van der Waals surface area contributed by atoms with Crippen LogP contribution in [0.5, 0.6) is 11.5 Å². The number of nitrogens with one attached hydrogen (secondary N) is 1. The second-order valence-electron chi connectivity index (χ2n) is 8.85. The topological polar surface area (TPSA) is 67.9 Å². The van der Waals surface area contributed by atoms with Gasteiger partial charge in [0.1, 0.15) is 0 Å². The molecule has 1 aliphatic heterocycles. The molecule has 1 aliphatic carbocycles. The zero-order valence-corrected chi connectivity index (χ0v) is 20.5. The highest BCUT2D eigenvalue weighted by molar-refractivity contribution is 6.33. The van der Waals surface area contributed by atoms with Gasteiger partial charge in [0, 0.05) is 34.9 Å². The Morgan fingerprint density at radius 1 is 0.943 bits per heavy atom. The number of fused-ring (bicyclic) bond motifs is 1. The van der Waals surface area contributed by atoms with Crippen molar-refractivity contribution in [3.63, 3.8) is 0 Å². The van der Waals surface area contributed by atoms with Crippen molar-refractivity contribution in [2.24, 2.45) is 0 Å². The standard InChI is InChI=1S/C28H27ClN2O4/c1-3-31(4-2)26(32)19-7-5-18(6-8-19)22-16-21(10-11-23(22)29)30-27(33)28(13-14-28)20-9-12-24-25(15-20)35-17-34-24/h5-12,15-16H,3-4,13-14,17H2,1-2H3,(H,30,33). The van der Waals surface area contributed by atoms with Crippen molar-refractivity contribution < 1.29 is 19.1 Å². The number of amides is 2. The maximum atomic E-state index is 13.3. The van der Waals surface area contributed by atoms with Crippen LogP contribution in [0.4, 0.5) is 5.69 Å². The third kappa shape index (κ3) is 4.34. The summed E-state index contributed by atoms with van der Waals surface area (Å²) in [5.41, 5.74) is 3.34. The second kappa shape index (κ2) is 9.27. The van der Waals surface area contributed by atoms with Gasteiger partial charge in [-0.3, -0.25) is 9.59 Å². The molecule has 1 N–H and O–H groups in total. The lowest BCUT2D eigenvalue weighted by atomic mass is 9.94. The van der Waals surface area contributed by atoms with Gasteiger partial charge in [-0.25, -0.2) is 0 Å². The molecule has 0 saturated heterocycles. The smallest absolute Gasteiger partial charge is 0.253 e. The minimum atomic E-state index is -0.562. The molecule has 7 heteroatoms. The molecular weight excluding hydrogens is 464 g/mol. The molecule has 1 saturated carbocycles. The lowest BCUT2D eigenvalue weighted by Gasteiger charge is -2.19. The molecule has 1 heterocycles. The summed E-state index contributed by atoms with van der Waals surface area (Å²) in [5.74, 6) is 1.34. The van der Waals surface area contributed by atoms with E-state index in [1.165, 1.54) is 0 Å². The third-order valence-corrected chi connectivity index (χ3v) is 7.16. The van der Waals surface area contributed by atoms with Crippen molar-refractivity contribution in [1.82, 2.24) is 4.90 Å². The number of nitrogens with zero attached hydrogens (tertiary/aromatic N) is 1. The van der Waals surface area contributed by atoms with Crippen molar-refractivity contribution in [2.75, 3.05) is 25.2 Å². The molecular formula is C28H27ClN2O4. The van der Waals surface area contributed by atoms with E-state index in [4.69, 9.17) is 21.1 Å². The Morgan fingerprint density at radius 2 is 1.66 bits per heavy atom. The predicted octanol–water partition coefficient (Wildman–Crippen LogP) is 5.89. The Morgan fingerprint density at radius 3 is 2.34 bits per heavy atom. The van der Waals surface area contributed by atoms with Gasteiger partial charge in [0.2, 0.25) is 12.7 Å². The molecule has 2 aliphatic rings. The highest BCUT2D eigenvalue weighted by atomic mass is 35.5. The SMILES string of the molecule is CCN(CC)C(=O)c1ccc(-c2cc(NC(=O)C3(c4ccc5c(c4)OCO5)CC3)ccc2Cl)cc1. The lowest BCUT2D eigenvalue weighted by molar-refractivity contribution is -0.118. The Labute approximate surface area is 209 Å². The molecule has 3 aromatic carbocycles. The van der Waals surface area contributed by atoms with Crippen LogP contribution < -0.4 is 14.8 Å². The first-order valence-electron chi connectivity index (χ1n) is 11.9. The number of hydrogen-bond acceptors (Lipinski definition) is 4. The molecule has 5 rings (SSSR count). The fraction of sp³-hybridized carbons (Fsp3) is 0.286. The zero-order chi connectivity index (χ0) is 24.6. The number of carbonyl (C=O) groups excluding carboxylic acids is 2. The quantitative estimate of drug-likeness (QED) is 0.448. The number of hydrogen-bond donors (Lipinski definition) is 1. The molecule has 0 atom stereocenters. The summed E-state index contributed by atoms with van der Waals surface area (Å²) in [6.07, 6.45) is 1.56. The Balaban J connectivity index is 1.35. The fourth-order valence-corrected chi connectivity index (χ4v) is 4.75. The molecule has 35 heavy (non-hydrogen) atoms. The van der Waals surface area contributed by atoms with Gasteiger partial charge >= 0.3 is 0 Å². The van der Waals surface area contributed by atoms with Crippen molar-refractivity contribution in [2.45, 2.75) is 32.1 Å². The molecule has 0 radical (unpaired) electrons. The summed E-state index contributed by atoms with van der Waals surface area (Å²) in [4.78, 5) is 27.7. The zero-order valence-electron chi connectivity index (χ0n) is 19.8. The van der Waals surface area contributed by atoms with Gasteiger partial charge in [-0.1, -0.05) is 29.8 Å². The molecule has 1 fully saturated rings. The normalized spacial score (nSPS) is 14.9. The maximum Gasteiger partial charge on any atom is 0.253 e. The van der Waals surface area contributed by atoms with Crippen LogP contribution in [0.25, 0.3) is 11.1 Å². The van der Waals surface area contributed by atoms with E-state index < -0.39 is 5.41 Å². The highest BCUT2D eigenvalue weighted by Crippen LogP contribution is 2.51. The first-order valence-corrected chi connectivity index (χ1v) is 12.2. The number of benzene rings is 3. The van der Waals surface area contributed by atoms with E-state index in [0.717, 1.165) is 29.5 Å². The van der Waals surface area contributed by atoms with Crippen LogP contribution in [0.3, 0.4) is 0 Å². The molecule has 3 aromatic rings. The van der Waals surface area contributed by atoms with Gasteiger partial charge in [-0.05, 0) is 80.3 Å². The predicted molar refractivity (Wildman–Crippen MR) is 136 cm³/mol. The van der Waals surface area contributed by atoms with E-state index in [2.05, 4.69) is 5.32 Å². The number of anilines is 1. The van der Waals surface area contributed by atoms with Crippen LogP contribution in [-0.2, 0) is 10.2 Å². The Bertz CT molecular complexity index is 1280. The fourth-order valence-electron chi connectivity index (χ4n) is 4.53. The minimum Gasteiger partial charge on any atom is -0.454 e. The van der Waals surface area contributed by atoms with Crippen molar-refractivity contribution in [3.8, 4) is 22.6 Å². The van der Waals surface area contributed by atoms with Crippen LogP contribution in [0, 0.1) is 0 Å². The number of carbonyl (C=O) groups is 2. The second-order valence-corrected chi connectivity index (χ2v) is 9.26. The average molecular weight is 491 g/mol. The number of ether oxygens (including phenoxy) is 2. The highest BCUT2D eigenvalue weighted by Gasteiger charge is 2.51. The van der Waals surface area contributed by atoms with Crippen LogP contribution in [-0.4, -0.2) is 36.6 Å². The average Bonchev–Trinajstić information content (AvgIpc) is 3.56. The summed E-state index contributed by atoms with van der Waals surface area (Å²) >= 11 is 6.50. The van der Waals surface area contributed by atoms with Crippen molar-refractivity contribution >= 4 is 29.1 Å². The summed E-state index contributed by atoms with van der Waals surface area (Å²) < 4.78 is 10.9. The molecule has 0 aromatic heterocycles. The Hall–Kier alpha value is -3.51. The lowest BCUT2D eigenvalue weighted by Crippen LogP contribution is -2.30. The van der Waals surface area contributed by atoms with E-state index in [1.807, 2.05) is 62.4 Å². The monoisotopic (exact) mass is 490 g/mol. The molecule has 180 valence electrons. The molecule has 6 nitrogen and oxygen atoms in total. The largest absolute Gasteiger partial charge is 0.454 e. The maximum absolute atomic E-state index is 13.3. The van der Waals surface area contributed by atoms with Crippen LogP contribution in [0.2, 0.25) is 5.02 Å². The number of rotatable bonds is 7. The van der Waals surface area contributed by atoms with E-state index in [-0.39, 0.29) is 18.6 Å². The molecule has 0 spiro atoms. The van der Waals surface area contributed by atoms with Gasteiger partial charge in [0.25, 0.3) is 5.91 Å². The van der Waals surface area contributed by atoms with E-state index in [9.17, 15) is 9.59 Å². The van der Waals surface area contributed by atoms with Gasteiger partial charge < -0.3 is 19.7 Å². The summed E-state index contributed by atoms with van der Waals surface area (Å²) in [7, 11) is 0. The van der Waals surface area contributed by atoms with Gasteiger partial charge in [-0.2, -0.15) is 0 Å². The first-order chi connectivity index (χ1) is 16.9. The molecule has 2 amide bonds. The van der Waals surface area contributed by atoms with Crippen LogP contribution >= 0.6 is 11.6 Å². The van der Waals surface area contributed by atoms with E-state index in [0.29, 0.717) is 40.9 Å².